The van der Waals surface area contributed by atoms with E-state index in [0.29, 0.717) is 35.1 Å². The van der Waals surface area contributed by atoms with E-state index in [1.165, 1.54) is 18.2 Å². The Morgan fingerprint density at radius 3 is 2.19 bits per heavy atom. The van der Waals surface area contributed by atoms with Crippen LogP contribution in [0.3, 0.4) is 0 Å². The van der Waals surface area contributed by atoms with Gasteiger partial charge in [-0.2, -0.15) is 10.2 Å². The minimum absolute atomic E-state index is 0.143. The molecule has 2 N–H and O–H groups in total. The predicted octanol–water partition coefficient (Wildman–Crippen LogP) is 7.00. The predicted molar refractivity (Wildman–Crippen MR) is 167 cm³/mol. The van der Waals surface area contributed by atoms with Gasteiger partial charge in [0.1, 0.15) is 30.9 Å². The maximum atomic E-state index is 11.5. The number of aliphatic hydroxyl groups is 2. The molecule has 1 aliphatic rings. The number of hydrogen-bond acceptors (Lipinski definition) is 6. The van der Waals surface area contributed by atoms with Gasteiger partial charge in [-0.15, -0.1) is 0 Å². The van der Waals surface area contributed by atoms with Gasteiger partial charge in [0, 0.05) is 20.6 Å². The normalized spacial score (nSPS) is 21.0. The van der Waals surface area contributed by atoms with Crippen molar-refractivity contribution >= 4 is 34.8 Å². The number of rotatable bonds is 10. The van der Waals surface area contributed by atoms with E-state index >= 15 is 0 Å². The Bertz CT molecular complexity index is 1400. The van der Waals surface area contributed by atoms with Crippen LogP contribution in [0.15, 0.2) is 67.8 Å². The molecule has 226 valence electrons. The maximum Gasteiger partial charge on any atom is 0.137 e. The molecule has 0 radical (unpaired) electrons. The molecule has 3 atom stereocenters. The topological polar surface area (TPSA) is 102 Å². The number of hydrogen-bond donors (Lipinski definition) is 2. The SMILES string of the molecule is CC1(C)CCC(Cc2ccc(Cl)cc2)C1(O)Cn1cncn1.CCCCC(O)(Cn1cncn1)c1ccc(Cl)cc1Cl. The Hall–Kier alpha value is -2.49. The van der Waals surface area contributed by atoms with Crippen molar-refractivity contribution in [2.45, 2.75) is 83.6 Å². The lowest BCUT2D eigenvalue weighted by atomic mass is 9.72. The standard InChI is InChI=1S/C17H22ClN3O.C14H17Cl2N3O/c1-16(2)8-7-14(9-13-3-5-15(18)6-4-13)17(16,22)10-21-12-19-11-20-21;1-2-3-6-14(20,8-19-10-17-9-18-19)12-5-4-11(15)7-13(12)16/h3-6,11-12,14,22H,7-10H2,1-2H3;4-5,7,9-10,20H,2-3,6,8H2,1H3. The van der Waals surface area contributed by atoms with Crippen molar-refractivity contribution in [1.82, 2.24) is 29.5 Å². The van der Waals surface area contributed by atoms with Crippen LogP contribution in [0.25, 0.3) is 0 Å². The average Bonchev–Trinajstić information content (AvgIpc) is 3.69. The fourth-order valence-corrected chi connectivity index (χ4v) is 6.55. The van der Waals surface area contributed by atoms with Gasteiger partial charge in [0.15, 0.2) is 0 Å². The minimum Gasteiger partial charge on any atom is -0.387 e. The molecule has 1 fully saturated rings. The first-order valence-corrected chi connectivity index (χ1v) is 15.4. The number of nitrogens with zero attached hydrogens (tertiary/aromatic N) is 6. The van der Waals surface area contributed by atoms with Gasteiger partial charge < -0.3 is 10.2 Å². The number of benzene rings is 2. The number of halogens is 3. The van der Waals surface area contributed by atoms with E-state index in [1.807, 2.05) is 24.3 Å². The highest BCUT2D eigenvalue weighted by molar-refractivity contribution is 6.35. The van der Waals surface area contributed by atoms with Crippen molar-refractivity contribution in [2.24, 2.45) is 11.3 Å². The van der Waals surface area contributed by atoms with E-state index in [2.05, 4.69) is 40.9 Å². The summed E-state index contributed by atoms with van der Waals surface area (Å²) in [6.07, 6.45) is 11.6. The largest absolute Gasteiger partial charge is 0.387 e. The Balaban J connectivity index is 0.000000194. The lowest BCUT2D eigenvalue weighted by Gasteiger charge is -2.40. The first-order chi connectivity index (χ1) is 20.0. The molecule has 0 spiro atoms. The summed E-state index contributed by atoms with van der Waals surface area (Å²) in [5, 5.41) is 32.5. The quantitative estimate of drug-likeness (QED) is 0.195. The summed E-state index contributed by atoms with van der Waals surface area (Å²) in [6.45, 7) is 7.17. The zero-order valence-electron chi connectivity index (χ0n) is 24.3. The second-order valence-corrected chi connectivity index (χ2v) is 13.1. The van der Waals surface area contributed by atoms with Crippen molar-refractivity contribution < 1.29 is 10.2 Å². The maximum absolute atomic E-state index is 11.5. The molecule has 8 nitrogen and oxygen atoms in total. The minimum atomic E-state index is -1.08. The van der Waals surface area contributed by atoms with Crippen LogP contribution in [0.2, 0.25) is 15.1 Å². The fourth-order valence-electron chi connectivity index (χ4n) is 5.84. The van der Waals surface area contributed by atoms with Gasteiger partial charge in [-0.1, -0.05) is 86.6 Å². The van der Waals surface area contributed by atoms with Crippen LogP contribution in [0.4, 0.5) is 0 Å². The second kappa shape index (κ2) is 13.9. The highest BCUT2D eigenvalue weighted by Gasteiger charge is 2.54. The van der Waals surface area contributed by atoms with E-state index in [1.54, 1.807) is 40.2 Å². The molecule has 1 saturated carbocycles. The number of aromatic nitrogens is 6. The third kappa shape index (κ3) is 7.71. The van der Waals surface area contributed by atoms with Crippen LogP contribution in [0, 0.1) is 11.3 Å². The summed E-state index contributed by atoms with van der Waals surface area (Å²) in [6, 6.07) is 13.1. The Morgan fingerprint density at radius 2 is 1.60 bits per heavy atom. The van der Waals surface area contributed by atoms with E-state index < -0.39 is 11.2 Å². The summed E-state index contributed by atoms with van der Waals surface area (Å²) in [5.41, 5.74) is -0.126. The van der Waals surface area contributed by atoms with Crippen LogP contribution in [-0.2, 0) is 25.1 Å². The molecule has 5 rings (SSSR count). The van der Waals surface area contributed by atoms with E-state index in [9.17, 15) is 10.2 Å². The molecule has 4 aromatic rings. The van der Waals surface area contributed by atoms with Gasteiger partial charge in [-0.25, -0.2) is 14.6 Å². The molecule has 3 unspecified atom stereocenters. The van der Waals surface area contributed by atoms with Crippen molar-refractivity contribution in [3.8, 4) is 0 Å². The first kappa shape index (κ1) is 32.4. The molecule has 2 aromatic heterocycles. The molecule has 11 heteroatoms. The molecule has 0 saturated heterocycles. The van der Waals surface area contributed by atoms with Gasteiger partial charge in [0.2, 0.25) is 0 Å². The lowest BCUT2D eigenvalue weighted by molar-refractivity contribution is -0.0907. The molecule has 2 heterocycles. The zero-order valence-corrected chi connectivity index (χ0v) is 26.6. The van der Waals surface area contributed by atoms with Crippen LogP contribution in [0.5, 0.6) is 0 Å². The summed E-state index contributed by atoms with van der Waals surface area (Å²) in [4.78, 5) is 7.89. The highest BCUT2D eigenvalue weighted by Crippen LogP contribution is 2.51. The van der Waals surface area contributed by atoms with Crippen molar-refractivity contribution in [1.29, 1.82) is 0 Å². The molecule has 0 bridgehead atoms. The van der Waals surface area contributed by atoms with Gasteiger partial charge in [-0.3, -0.25) is 4.68 Å². The van der Waals surface area contributed by atoms with Gasteiger partial charge in [0.05, 0.1) is 18.7 Å². The Labute approximate surface area is 262 Å². The molecule has 0 aliphatic heterocycles. The molecule has 2 aromatic carbocycles. The third-order valence-electron chi connectivity index (χ3n) is 8.50. The van der Waals surface area contributed by atoms with Crippen LogP contribution >= 0.6 is 34.8 Å². The van der Waals surface area contributed by atoms with Crippen LogP contribution in [-0.4, -0.2) is 45.3 Å². The summed E-state index contributed by atoms with van der Waals surface area (Å²) in [7, 11) is 0. The summed E-state index contributed by atoms with van der Waals surface area (Å²) < 4.78 is 3.35. The molecule has 1 aliphatic carbocycles. The number of unbranched alkanes of at least 4 members (excludes halogenated alkanes) is 1. The molecule has 0 amide bonds. The monoisotopic (exact) mass is 632 g/mol. The third-order valence-corrected chi connectivity index (χ3v) is 9.30. The van der Waals surface area contributed by atoms with E-state index in [-0.39, 0.29) is 11.3 Å². The Kier molecular flexibility index (Phi) is 10.7. The van der Waals surface area contributed by atoms with Gasteiger partial charge in [0.25, 0.3) is 0 Å². The van der Waals surface area contributed by atoms with Gasteiger partial charge in [-0.05, 0) is 66.8 Å². The van der Waals surface area contributed by atoms with Crippen molar-refractivity contribution in [3.05, 3.63) is 94.0 Å². The van der Waals surface area contributed by atoms with E-state index in [0.717, 1.165) is 37.1 Å². The highest BCUT2D eigenvalue weighted by atomic mass is 35.5. The fraction of sp³-hybridized carbons (Fsp3) is 0.484. The molecule has 42 heavy (non-hydrogen) atoms. The molecular weight excluding hydrogens is 595 g/mol. The van der Waals surface area contributed by atoms with Crippen molar-refractivity contribution in [3.63, 3.8) is 0 Å². The van der Waals surface area contributed by atoms with Gasteiger partial charge >= 0.3 is 0 Å². The first-order valence-electron chi connectivity index (χ1n) is 14.3. The second-order valence-electron chi connectivity index (χ2n) is 11.8. The molecular formula is C31H39Cl3N6O2. The summed E-state index contributed by atoms with van der Waals surface area (Å²) in [5.74, 6) is 0.202. The average molecular weight is 634 g/mol. The van der Waals surface area contributed by atoms with Crippen LogP contribution < -0.4 is 0 Å². The smallest absolute Gasteiger partial charge is 0.137 e. The van der Waals surface area contributed by atoms with E-state index in [4.69, 9.17) is 34.8 Å². The lowest BCUT2D eigenvalue weighted by Crippen LogP contribution is -2.49. The van der Waals surface area contributed by atoms with Crippen molar-refractivity contribution in [2.75, 3.05) is 0 Å². The zero-order chi connectivity index (χ0) is 30.4. The van der Waals surface area contributed by atoms with Crippen LogP contribution in [0.1, 0.15) is 64.0 Å². The summed E-state index contributed by atoms with van der Waals surface area (Å²) >= 11 is 18.1. The Morgan fingerprint density at radius 1 is 0.952 bits per heavy atom.